The van der Waals surface area contributed by atoms with Crippen LogP contribution in [-0.2, 0) is 9.84 Å². The summed E-state index contributed by atoms with van der Waals surface area (Å²) < 4.78 is 23.0. The zero-order chi connectivity index (χ0) is 15.0. The molecule has 0 radical (unpaired) electrons. The standard InChI is InChI=1S/C14H13ClN2O3S/c15-10-7-21(19,20)8-13(10)17-14(18)12-6-5-9-3-1-2-4-11(9)16-12/h1-6,10,13H,7-8H2,(H,17,18). The third kappa shape index (κ3) is 3.01. The number of pyridine rings is 1. The average molecular weight is 325 g/mol. The molecule has 1 aromatic heterocycles. The van der Waals surface area contributed by atoms with Gasteiger partial charge in [-0.15, -0.1) is 11.6 Å². The molecule has 1 amide bonds. The summed E-state index contributed by atoms with van der Waals surface area (Å²) in [5, 5.41) is 2.99. The van der Waals surface area contributed by atoms with Crippen LogP contribution >= 0.6 is 11.6 Å². The number of carbonyl (C=O) groups excluding carboxylic acids is 1. The van der Waals surface area contributed by atoms with Gasteiger partial charge in [0.1, 0.15) is 5.69 Å². The van der Waals surface area contributed by atoms with Gasteiger partial charge in [-0.1, -0.05) is 24.3 Å². The zero-order valence-electron chi connectivity index (χ0n) is 11.0. The molecule has 3 rings (SSSR count). The third-order valence-corrected chi connectivity index (χ3v) is 5.81. The van der Waals surface area contributed by atoms with Crippen molar-refractivity contribution in [2.45, 2.75) is 11.4 Å². The van der Waals surface area contributed by atoms with Crippen LogP contribution in [-0.4, -0.2) is 42.2 Å². The number of amides is 1. The molecular formula is C14H13ClN2O3S. The molecule has 2 unspecified atom stereocenters. The molecule has 7 heteroatoms. The molecule has 0 spiro atoms. The second-order valence-corrected chi connectivity index (χ2v) is 7.78. The van der Waals surface area contributed by atoms with E-state index in [0.29, 0.717) is 5.52 Å². The van der Waals surface area contributed by atoms with Crippen LogP contribution in [0.4, 0.5) is 0 Å². The Bertz CT molecular complexity index is 807. The van der Waals surface area contributed by atoms with E-state index in [1.54, 1.807) is 12.1 Å². The van der Waals surface area contributed by atoms with E-state index >= 15 is 0 Å². The highest BCUT2D eigenvalue weighted by atomic mass is 35.5. The van der Waals surface area contributed by atoms with Crippen LogP contribution in [0.2, 0.25) is 0 Å². The van der Waals surface area contributed by atoms with Crippen molar-refractivity contribution >= 4 is 38.2 Å². The Morgan fingerprint density at radius 1 is 1.19 bits per heavy atom. The molecule has 0 saturated carbocycles. The lowest BCUT2D eigenvalue weighted by Gasteiger charge is -2.14. The summed E-state index contributed by atoms with van der Waals surface area (Å²) in [6, 6.07) is 10.3. The predicted octanol–water partition coefficient (Wildman–Crippen LogP) is 1.37. The number of rotatable bonds is 2. The summed E-state index contributed by atoms with van der Waals surface area (Å²) >= 11 is 5.98. The molecule has 2 aromatic rings. The maximum Gasteiger partial charge on any atom is 0.270 e. The van der Waals surface area contributed by atoms with Gasteiger partial charge in [-0.05, 0) is 12.1 Å². The van der Waals surface area contributed by atoms with Gasteiger partial charge in [0.15, 0.2) is 9.84 Å². The highest BCUT2D eigenvalue weighted by Crippen LogP contribution is 2.19. The molecule has 5 nitrogen and oxygen atoms in total. The molecule has 0 bridgehead atoms. The van der Waals surface area contributed by atoms with Gasteiger partial charge >= 0.3 is 0 Å². The molecule has 1 N–H and O–H groups in total. The molecule has 1 aromatic carbocycles. The molecule has 2 heterocycles. The summed E-state index contributed by atoms with van der Waals surface area (Å²) in [5.74, 6) is -0.640. The molecule has 1 aliphatic heterocycles. The summed E-state index contributed by atoms with van der Waals surface area (Å²) in [4.78, 5) is 16.4. The number of sulfone groups is 1. The van der Waals surface area contributed by atoms with Crippen LogP contribution in [0.15, 0.2) is 36.4 Å². The van der Waals surface area contributed by atoms with Crippen molar-refractivity contribution in [3.8, 4) is 0 Å². The molecule has 2 atom stereocenters. The summed E-state index contributed by atoms with van der Waals surface area (Å²) in [6.07, 6.45) is 0. The van der Waals surface area contributed by atoms with Gasteiger partial charge < -0.3 is 5.32 Å². The number of hydrogen-bond acceptors (Lipinski definition) is 4. The largest absolute Gasteiger partial charge is 0.345 e. The SMILES string of the molecule is O=C(NC1CS(=O)(=O)CC1Cl)c1ccc2ccccc2n1. The molecule has 1 fully saturated rings. The van der Waals surface area contributed by atoms with Gasteiger partial charge in [0, 0.05) is 5.39 Å². The predicted molar refractivity (Wildman–Crippen MR) is 81.3 cm³/mol. The van der Waals surface area contributed by atoms with E-state index in [-0.39, 0.29) is 17.2 Å². The fourth-order valence-corrected chi connectivity index (χ4v) is 4.92. The Labute approximate surface area is 127 Å². The number of nitrogens with one attached hydrogen (secondary N) is 1. The Hall–Kier alpha value is -1.66. The first-order valence-corrected chi connectivity index (χ1v) is 8.71. The molecule has 1 saturated heterocycles. The quantitative estimate of drug-likeness (QED) is 0.846. The highest BCUT2D eigenvalue weighted by molar-refractivity contribution is 7.91. The topological polar surface area (TPSA) is 76.1 Å². The summed E-state index contributed by atoms with van der Waals surface area (Å²) in [5.41, 5.74) is 0.966. The Kier molecular flexibility index (Phi) is 3.59. The Morgan fingerprint density at radius 2 is 1.95 bits per heavy atom. The first kappa shape index (κ1) is 14.3. The lowest BCUT2D eigenvalue weighted by atomic mass is 10.2. The van der Waals surface area contributed by atoms with Crippen molar-refractivity contribution in [1.29, 1.82) is 0 Å². The number of alkyl halides is 1. The molecule has 110 valence electrons. The number of nitrogens with zero attached hydrogens (tertiary/aromatic N) is 1. The van der Waals surface area contributed by atoms with E-state index in [1.807, 2.05) is 24.3 Å². The average Bonchev–Trinajstić information content (AvgIpc) is 2.70. The smallest absolute Gasteiger partial charge is 0.270 e. The van der Waals surface area contributed by atoms with Gasteiger partial charge in [-0.2, -0.15) is 0 Å². The van der Waals surface area contributed by atoms with Crippen molar-refractivity contribution < 1.29 is 13.2 Å². The lowest BCUT2D eigenvalue weighted by Crippen LogP contribution is -2.40. The van der Waals surface area contributed by atoms with Crippen molar-refractivity contribution in [1.82, 2.24) is 10.3 Å². The zero-order valence-corrected chi connectivity index (χ0v) is 12.6. The molecule has 1 aliphatic rings. The van der Waals surface area contributed by atoms with Gasteiger partial charge in [-0.25, -0.2) is 13.4 Å². The van der Waals surface area contributed by atoms with Crippen LogP contribution in [0.5, 0.6) is 0 Å². The van der Waals surface area contributed by atoms with Gasteiger partial charge in [0.05, 0.1) is 28.4 Å². The fraction of sp³-hybridized carbons (Fsp3) is 0.286. The van der Waals surface area contributed by atoms with E-state index in [2.05, 4.69) is 10.3 Å². The van der Waals surface area contributed by atoms with Gasteiger partial charge in [0.2, 0.25) is 0 Å². The Balaban J connectivity index is 1.81. The third-order valence-electron chi connectivity index (χ3n) is 3.43. The first-order valence-electron chi connectivity index (χ1n) is 6.46. The first-order chi connectivity index (χ1) is 9.94. The van der Waals surface area contributed by atoms with Crippen LogP contribution in [0.3, 0.4) is 0 Å². The van der Waals surface area contributed by atoms with E-state index in [4.69, 9.17) is 11.6 Å². The van der Waals surface area contributed by atoms with Crippen LogP contribution in [0.25, 0.3) is 10.9 Å². The van der Waals surface area contributed by atoms with E-state index in [1.165, 1.54) is 0 Å². The minimum absolute atomic E-state index is 0.106. The number of hydrogen-bond donors (Lipinski definition) is 1. The number of para-hydroxylation sites is 1. The maximum absolute atomic E-state index is 12.2. The fourth-order valence-electron chi connectivity index (χ4n) is 2.37. The minimum Gasteiger partial charge on any atom is -0.345 e. The van der Waals surface area contributed by atoms with Gasteiger partial charge in [-0.3, -0.25) is 4.79 Å². The number of halogens is 1. The number of carbonyl (C=O) groups is 1. The Morgan fingerprint density at radius 3 is 2.67 bits per heavy atom. The number of benzene rings is 1. The van der Waals surface area contributed by atoms with Crippen LogP contribution < -0.4 is 5.32 Å². The van der Waals surface area contributed by atoms with E-state index < -0.39 is 27.2 Å². The van der Waals surface area contributed by atoms with E-state index in [9.17, 15) is 13.2 Å². The molecule has 21 heavy (non-hydrogen) atoms. The second kappa shape index (κ2) is 5.27. The highest BCUT2D eigenvalue weighted by Gasteiger charge is 2.37. The second-order valence-electron chi connectivity index (χ2n) is 5.06. The van der Waals surface area contributed by atoms with Crippen molar-refractivity contribution in [2.75, 3.05) is 11.5 Å². The van der Waals surface area contributed by atoms with Gasteiger partial charge in [0.25, 0.3) is 5.91 Å². The number of aromatic nitrogens is 1. The molecular weight excluding hydrogens is 312 g/mol. The van der Waals surface area contributed by atoms with Crippen molar-refractivity contribution in [2.24, 2.45) is 0 Å². The monoisotopic (exact) mass is 324 g/mol. The van der Waals surface area contributed by atoms with Crippen molar-refractivity contribution in [3.05, 3.63) is 42.1 Å². The lowest BCUT2D eigenvalue weighted by molar-refractivity contribution is 0.0937. The maximum atomic E-state index is 12.2. The summed E-state index contributed by atoms with van der Waals surface area (Å²) in [7, 11) is -3.17. The van der Waals surface area contributed by atoms with Crippen molar-refractivity contribution in [3.63, 3.8) is 0 Å². The summed E-state index contributed by atoms with van der Waals surface area (Å²) in [6.45, 7) is 0. The number of fused-ring (bicyclic) bond motifs is 1. The minimum atomic E-state index is -3.17. The normalized spacial score (nSPS) is 24.0. The van der Waals surface area contributed by atoms with E-state index in [0.717, 1.165) is 5.39 Å². The molecule has 0 aliphatic carbocycles. The van der Waals surface area contributed by atoms with Crippen LogP contribution in [0.1, 0.15) is 10.5 Å². The van der Waals surface area contributed by atoms with Crippen LogP contribution in [0, 0.1) is 0 Å².